The normalized spacial score (nSPS) is 18.6. The van der Waals surface area contributed by atoms with Crippen LogP contribution < -0.4 is 11.1 Å². The molecule has 124 valence electrons. The number of para-hydroxylation sites is 1. The predicted octanol–water partition coefficient (Wildman–Crippen LogP) is 3.41. The minimum atomic E-state index is -0.0848. The average molecular weight is 367 g/mol. The number of hydrogen-bond acceptors (Lipinski definition) is 3. The van der Waals surface area contributed by atoms with Crippen LogP contribution in [0, 0.1) is 5.92 Å². The first-order valence-electron chi connectivity index (χ1n) is 7.26. The molecule has 0 bridgehead atoms. The molecule has 0 radical (unpaired) electrons. The van der Waals surface area contributed by atoms with Gasteiger partial charge in [-0.3, -0.25) is 9.69 Å². The molecule has 22 heavy (non-hydrogen) atoms. The number of nitrogens with one attached hydrogen (secondary N) is 1. The Morgan fingerprint density at radius 3 is 2.68 bits per heavy atom. The fraction of sp³-hybridized carbons (Fsp3) is 0.533. The Labute approximate surface area is 147 Å². The Hall–Kier alpha value is -0.520. The molecule has 1 heterocycles. The highest BCUT2D eigenvalue weighted by Crippen LogP contribution is 2.29. The number of nitrogens with zero attached hydrogens (tertiary/aromatic N) is 1. The molecule has 1 aromatic carbocycles. The molecule has 1 unspecified atom stereocenters. The van der Waals surface area contributed by atoms with Gasteiger partial charge in [0.1, 0.15) is 0 Å². The van der Waals surface area contributed by atoms with Gasteiger partial charge in [-0.2, -0.15) is 0 Å². The number of likely N-dealkylation sites (tertiary alicyclic amines) is 1. The van der Waals surface area contributed by atoms with E-state index in [1.54, 1.807) is 18.2 Å². The monoisotopic (exact) mass is 365 g/mol. The van der Waals surface area contributed by atoms with E-state index in [4.69, 9.17) is 28.9 Å². The van der Waals surface area contributed by atoms with Crippen molar-refractivity contribution in [2.75, 3.05) is 31.5 Å². The van der Waals surface area contributed by atoms with Gasteiger partial charge in [-0.1, -0.05) is 29.3 Å². The Morgan fingerprint density at radius 1 is 1.36 bits per heavy atom. The summed E-state index contributed by atoms with van der Waals surface area (Å²) in [4.78, 5) is 14.3. The van der Waals surface area contributed by atoms with E-state index in [0.717, 1.165) is 25.9 Å². The largest absolute Gasteiger partial charge is 0.330 e. The van der Waals surface area contributed by atoms with Crippen molar-refractivity contribution in [3.8, 4) is 0 Å². The van der Waals surface area contributed by atoms with E-state index in [2.05, 4.69) is 10.2 Å². The van der Waals surface area contributed by atoms with Crippen molar-refractivity contribution in [3.63, 3.8) is 0 Å². The van der Waals surface area contributed by atoms with Gasteiger partial charge in [0, 0.05) is 6.54 Å². The van der Waals surface area contributed by atoms with E-state index in [9.17, 15) is 4.79 Å². The molecule has 1 aliphatic rings. The first-order valence-corrected chi connectivity index (χ1v) is 8.02. The standard InChI is InChI=1S/C15H21Cl2N3O.ClH/c16-12-4-1-5-13(17)15(12)19-14(21)10-20-8-2-3-11(9-20)6-7-18;/h1,4-5,11H,2-3,6-10,18H2,(H,19,21);1H. The van der Waals surface area contributed by atoms with Crippen molar-refractivity contribution in [3.05, 3.63) is 28.2 Å². The highest BCUT2D eigenvalue weighted by atomic mass is 35.5. The molecular weight excluding hydrogens is 345 g/mol. The quantitative estimate of drug-likeness (QED) is 0.839. The van der Waals surface area contributed by atoms with Gasteiger partial charge in [0.2, 0.25) is 5.91 Å². The van der Waals surface area contributed by atoms with Gasteiger partial charge < -0.3 is 11.1 Å². The lowest BCUT2D eigenvalue weighted by Crippen LogP contribution is -2.41. The van der Waals surface area contributed by atoms with Crippen molar-refractivity contribution in [1.82, 2.24) is 4.90 Å². The second-order valence-corrected chi connectivity index (χ2v) is 6.28. The topological polar surface area (TPSA) is 58.4 Å². The van der Waals surface area contributed by atoms with Crippen molar-refractivity contribution in [2.45, 2.75) is 19.3 Å². The van der Waals surface area contributed by atoms with Crippen LogP contribution in [0.5, 0.6) is 0 Å². The van der Waals surface area contributed by atoms with Crippen LogP contribution in [-0.4, -0.2) is 37.0 Å². The molecule has 0 saturated carbocycles. The lowest BCUT2D eigenvalue weighted by molar-refractivity contribution is -0.117. The van der Waals surface area contributed by atoms with Gasteiger partial charge in [0.25, 0.3) is 0 Å². The number of benzene rings is 1. The summed E-state index contributed by atoms with van der Waals surface area (Å²) in [6.45, 7) is 2.95. The summed E-state index contributed by atoms with van der Waals surface area (Å²) in [5.74, 6) is 0.513. The van der Waals surface area contributed by atoms with Crippen LogP contribution in [0.1, 0.15) is 19.3 Å². The molecule has 3 N–H and O–H groups in total. The molecule has 1 amide bonds. The van der Waals surface area contributed by atoms with E-state index < -0.39 is 0 Å². The maximum Gasteiger partial charge on any atom is 0.238 e. The van der Waals surface area contributed by atoms with Gasteiger partial charge in [-0.25, -0.2) is 0 Å². The zero-order valence-corrected chi connectivity index (χ0v) is 14.7. The van der Waals surface area contributed by atoms with Crippen molar-refractivity contribution in [2.24, 2.45) is 11.7 Å². The van der Waals surface area contributed by atoms with Crippen LogP contribution in [0.15, 0.2) is 18.2 Å². The number of halogens is 3. The van der Waals surface area contributed by atoms with Crippen molar-refractivity contribution < 1.29 is 4.79 Å². The summed E-state index contributed by atoms with van der Waals surface area (Å²) in [7, 11) is 0. The van der Waals surface area contributed by atoms with E-state index in [1.165, 1.54) is 6.42 Å². The summed E-state index contributed by atoms with van der Waals surface area (Å²) >= 11 is 12.1. The molecule has 4 nitrogen and oxygen atoms in total. The Kier molecular flexibility index (Phi) is 8.50. The molecular formula is C15H22Cl3N3O. The fourth-order valence-corrected chi connectivity index (χ4v) is 3.26. The van der Waals surface area contributed by atoms with Gasteiger partial charge in [0.05, 0.1) is 22.3 Å². The molecule has 0 aliphatic carbocycles. The van der Waals surface area contributed by atoms with E-state index in [1.807, 2.05) is 0 Å². The molecule has 1 saturated heterocycles. The Morgan fingerprint density at radius 2 is 2.05 bits per heavy atom. The summed E-state index contributed by atoms with van der Waals surface area (Å²) in [6.07, 6.45) is 3.34. The number of piperidine rings is 1. The SMILES string of the molecule is Cl.NCCC1CCCN(CC(=O)Nc2c(Cl)cccc2Cl)C1. The average Bonchev–Trinajstić information content (AvgIpc) is 2.44. The number of hydrogen-bond donors (Lipinski definition) is 2. The third-order valence-corrected chi connectivity index (χ3v) is 4.40. The minimum Gasteiger partial charge on any atom is -0.330 e. The van der Waals surface area contributed by atoms with E-state index in [0.29, 0.717) is 34.7 Å². The van der Waals surface area contributed by atoms with Crippen LogP contribution >= 0.6 is 35.6 Å². The fourth-order valence-electron chi connectivity index (χ4n) is 2.77. The molecule has 1 aliphatic heterocycles. The Bertz CT molecular complexity index is 477. The third kappa shape index (κ3) is 5.60. The summed E-state index contributed by atoms with van der Waals surface area (Å²) in [5, 5.41) is 3.71. The van der Waals surface area contributed by atoms with Gasteiger partial charge in [-0.05, 0) is 50.4 Å². The summed E-state index contributed by atoms with van der Waals surface area (Å²) < 4.78 is 0. The van der Waals surface area contributed by atoms with Crippen LogP contribution in [0.4, 0.5) is 5.69 Å². The smallest absolute Gasteiger partial charge is 0.238 e. The highest BCUT2D eigenvalue weighted by Gasteiger charge is 2.21. The number of amides is 1. The second-order valence-electron chi connectivity index (χ2n) is 5.47. The van der Waals surface area contributed by atoms with Gasteiger partial charge >= 0.3 is 0 Å². The summed E-state index contributed by atoms with van der Waals surface area (Å²) in [5.41, 5.74) is 6.10. The number of rotatable bonds is 5. The van der Waals surface area contributed by atoms with Gasteiger partial charge in [0.15, 0.2) is 0 Å². The van der Waals surface area contributed by atoms with Crippen molar-refractivity contribution in [1.29, 1.82) is 0 Å². The first kappa shape index (κ1) is 19.5. The van der Waals surface area contributed by atoms with Crippen LogP contribution in [0.3, 0.4) is 0 Å². The van der Waals surface area contributed by atoms with Crippen LogP contribution in [0.25, 0.3) is 0 Å². The molecule has 2 rings (SSSR count). The van der Waals surface area contributed by atoms with Crippen LogP contribution in [-0.2, 0) is 4.79 Å². The molecule has 0 spiro atoms. The number of carbonyl (C=O) groups is 1. The number of carbonyl (C=O) groups excluding carboxylic acids is 1. The van der Waals surface area contributed by atoms with Crippen LogP contribution in [0.2, 0.25) is 10.0 Å². The molecule has 1 aromatic rings. The molecule has 7 heteroatoms. The molecule has 0 aromatic heterocycles. The first-order chi connectivity index (χ1) is 10.1. The lowest BCUT2D eigenvalue weighted by Gasteiger charge is -2.32. The minimum absolute atomic E-state index is 0. The van der Waals surface area contributed by atoms with E-state index in [-0.39, 0.29) is 18.3 Å². The zero-order valence-electron chi connectivity index (χ0n) is 12.4. The maximum atomic E-state index is 12.2. The molecule has 1 fully saturated rings. The highest BCUT2D eigenvalue weighted by molar-refractivity contribution is 6.39. The maximum absolute atomic E-state index is 12.2. The summed E-state index contributed by atoms with van der Waals surface area (Å²) in [6, 6.07) is 5.17. The Balaban J connectivity index is 0.00000242. The van der Waals surface area contributed by atoms with E-state index >= 15 is 0 Å². The number of nitrogens with two attached hydrogens (primary N) is 1. The third-order valence-electron chi connectivity index (χ3n) is 3.77. The second kappa shape index (κ2) is 9.58. The molecule has 1 atom stereocenters. The zero-order chi connectivity index (χ0) is 15.2. The lowest BCUT2D eigenvalue weighted by atomic mass is 9.95. The van der Waals surface area contributed by atoms with Crippen molar-refractivity contribution >= 4 is 47.2 Å². The van der Waals surface area contributed by atoms with Gasteiger partial charge in [-0.15, -0.1) is 12.4 Å². The predicted molar refractivity (Wildman–Crippen MR) is 95.2 cm³/mol. The number of anilines is 1.